The first kappa shape index (κ1) is 14.4. The lowest BCUT2D eigenvalue weighted by molar-refractivity contribution is -0.121. The SMILES string of the molecule is CCCCCCCCC(=O)NCCCN. The monoisotopic (exact) mass is 214 g/mol. The summed E-state index contributed by atoms with van der Waals surface area (Å²) in [5, 5.41) is 2.87. The summed E-state index contributed by atoms with van der Waals surface area (Å²) in [6.45, 7) is 3.59. The zero-order valence-electron chi connectivity index (χ0n) is 10.1. The van der Waals surface area contributed by atoms with Gasteiger partial charge < -0.3 is 11.1 Å². The van der Waals surface area contributed by atoms with Crippen molar-refractivity contribution in [2.24, 2.45) is 5.73 Å². The average Bonchev–Trinajstić information content (AvgIpc) is 2.23. The van der Waals surface area contributed by atoms with Crippen molar-refractivity contribution in [1.29, 1.82) is 0 Å². The van der Waals surface area contributed by atoms with Gasteiger partial charge in [-0.3, -0.25) is 4.79 Å². The molecule has 0 fully saturated rings. The van der Waals surface area contributed by atoms with Crippen LogP contribution in [-0.2, 0) is 4.79 Å². The van der Waals surface area contributed by atoms with E-state index in [9.17, 15) is 4.79 Å². The molecule has 15 heavy (non-hydrogen) atoms. The van der Waals surface area contributed by atoms with Crippen LogP contribution in [0, 0.1) is 0 Å². The third-order valence-corrected chi connectivity index (χ3v) is 2.46. The lowest BCUT2D eigenvalue weighted by Gasteiger charge is -2.03. The van der Waals surface area contributed by atoms with E-state index in [-0.39, 0.29) is 5.91 Å². The Morgan fingerprint density at radius 3 is 2.40 bits per heavy atom. The third-order valence-electron chi connectivity index (χ3n) is 2.46. The van der Waals surface area contributed by atoms with E-state index in [1.54, 1.807) is 0 Å². The molecule has 0 aliphatic heterocycles. The molecule has 0 aliphatic carbocycles. The molecule has 0 saturated heterocycles. The second-order valence-corrected chi connectivity index (χ2v) is 4.01. The highest BCUT2D eigenvalue weighted by Gasteiger charge is 1.99. The number of unbranched alkanes of at least 4 members (excludes halogenated alkanes) is 5. The highest BCUT2D eigenvalue weighted by Crippen LogP contribution is 2.06. The van der Waals surface area contributed by atoms with Gasteiger partial charge >= 0.3 is 0 Å². The van der Waals surface area contributed by atoms with Crippen molar-refractivity contribution in [1.82, 2.24) is 5.32 Å². The molecule has 3 nitrogen and oxygen atoms in total. The van der Waals surface area contributed by atoms with E-state index >= 15 is 0 Å². The molecule has 0 rings (SSSR count). The van der Waals surface area contributed by atoms with Gasteiger partial charge in [-0.2, -0.15) is 0 Å². The summed E-state index contributed by atoms with van der Waals surface area (Å²) < 4.78 is 0. The Balaban J connectivity index is 3.10. The van der Waals surface area contributed by atoms with Crippen molar-refractivity contribution in [3.63, 3.8) is 0 Å². The standard InChI is InChI=1S/C12H26N2O/c1-2-3-4-5-6-7-9-12(15)14-11-8-10-13/h2-11,13H2,1H3,(H,14,15). The van der Waals surface area contributed by atoms with Crippen molar-refractivity contribution in [3.05, 3.63) is 0 Å². The summed E-state index contributed by atoms with van der Waals surface area (Å²) in [5.41, 5.74) is 5.33. The van der Waals surface area contributed by atoms with Gasteiger partial charge in [-0.05, 0) is 19.4 Å². The van der Waals surface area contributed by atoms with Crippen LogP contribution >= 0.6 is 0 Å². The zero-order chi connectivity index (χ0) is 11.4. The number of rotatable bonds is 10. The lowest BCUT2D eigenvalue weighted by atomic mass is 10.1. The summed E-state index contributed by atoms with van der Waals surface area (Å²) in [5.74, 6) is 0.180. The molecular formula is C12H26N2O. The summed E-state index contributed by atoms with van der Waals surface area (Å²) in [6, 6.07) is 0. The molecule has 3 N–H and O–H groups in total. The van der Waals surface area contributed by atoms with Gasteiger partial charge in [0, 0.05) is 13.0 Å². The van der Waals surface area contributed by atoms with E-state index in [4.69, 9.17) is 5.73 Å². The van der Waals surface area contributed by atoms with Crippen molar-refractivity contribution in [3.8, 4) is 0 Å². The van der Waals surface area contributed by atoms with Crippen LogP contribution in [0.4, 0.5) is 0 Å². The normalized spacial score (nSPS) is 10.3. The van der Waals surface area contributed by atoms with E-state index < -0.39 is 0 Å². The van der Waals surface area contributed by atoms with E-state index in [1.165, 1.54) is 32.1 Å². The molecule has 0 unspecified atom stereocenters. The molecule has 0 saturated carbocycles. The molecule has 0 radical (unpaired) electrons. The minimum Gasteiger partial charge on any atom is -0.356 e. The maximum Gasteiger partial charge on any atom is 0.219 e. The molecular weight excluding hydrogens is 188 g/mol. The Bertz CT molecular complexity index is 149. The summed E-state index contributed by atoms with van der Waals surface area (Å²) in [7, 11) is 0. The van der Waals surface area contributed by atoms with Gasteiger partial charge in [0.2, 0.25) is 5.91 Å². The smallest absolute Gasteiger partial charge is 0.219 e. The molecule has 0 aliphatic rings. The molecule has 0 aromatic heterocycles. The van der Waals surface area contributed by atoms with Crippen molar-refractivity contribution >= 4 is 5.91 Å². The van der Waals surface area contributed by atoms with Crippen molar-refractivity contribution in [2.45, 2.75) is 58.3 Å². The highest BCUT2D eigenvalue weighted by atomic mass is 16.1. The van der Waals surface area contributed by atoms with Gasteiger partial charge in [0.25, 0.3) is 0 Å². The summed E-state index contributed by atoms with van der Waals surface area (Å²) in [6.07, 6.45) is 8.94. The van der Waals surface area contributed by atoms with E-state index in [2.05, 4.69) is 12.2 Å². The number of nitrogens with one attached hydrogen (secondary N) is 1. The first-order valence-electron chi connectivity index (χ1n) is 6.28. The molecule has 0 aromatic rings. The van der Waals surface area contributed by atoms with Gasteiger partial charge in [-0.15, -0.1) is 0 Å². The fraction of sp³-hybridized carbons (Fsp3) is 0.917. The molecule has 3 heteroatoms. The highest BCUT2D eigenvalue weighted by molar-refractivity contribution is 5.75. The van der Waals surface area contributed by atoms with Gasteiger partial charge in [-0.25, -0.2) is 0 Å². The van der Waals surface area contributed by atoms with Crippen LogP contribution in [0.25, 0.3) is 0 Å². The Morgan fingerprint density at radius 2 is 1.73 bits per heavy atom. The minimum absolute atomic E-state index is 0.180. The third kappa shape index (κ3) is 11.4. The largest absolute Gasteiger partial charge is 0.356 e. The molecule has 0 bridgehead atoms. The first-order valence-corrected chi connectivity index (χ1v) is 6.28. The molecule has 0 atom stereocenters. The Morgan fingerprint density at radius 1 is 1.07 bits per heavy atom. The zero-order valence-corrected chi connectivity index (χ0v) is 10.1. The van der Waals surface area contributed by atoms with E-state index in [1.807, 2.05) is 0 Å². The van der Waals surface area contributed by atoms with Crippen LogP contribution in [0.5, 0.6) is 0 Å². The first-order chi connectivity index (χ1) is 7.31. The van der Waals surface area contributed by atoms with Crippen LogP contribution in [-0.4, -0.2) is 19.0 Å². The predicted molar refractivity (Wildman–Crippen MR) is 64.7 cm³/mol. The van der Waals surface area contributed by atoms with Crippen molar-refractivity contribution in [2.75, 3.05) is 13.1 Å². The fourth-order valence-electron chi connectivity index (χ4n) is 1.48. The van der Waals surface area contributed by atoms with Crippen LogP contribution in [0.2, 0.25) is 0 Å². The average molecular weight is 214 g/mol. The number of hydrogen-bond acceptors (Lipinski definition) is 2. The fourth-order valence-corrected chi connectivity index (χ4v) is 1.48. The quantitative estimate of drug-likeness (QED) is 0.548. The van der Waals surface area contributed by atoms with Gasteiger partial charge in [0.05, 0.1) is 0 Å². The lowest BCUT2D eigenvalue weighted by Crippen LogP contribution is -2.25. The second kappa shape index (κ2) is 11.5. The molecule has 1 amide bonds. The molecule has 90 valence electrons. The van der Waals surface area contributed by atoms with Gasteiger partial charge in [-0.1, -0.05) is 39.0 Å². The van der Waals surface area contributed by atoms with Crippen molar-refractivity contribution < 1.29 is 4.79 Å². The second-order valence-electron chi connectivity index (χ2n) is 4.01. The summed E-state index contributed by atoms with van der Waals surface area (Å²) >= 11 is 0. The Hall–Kier alpha value is -0.570. The maximum atomic E-state index is 11.3. The van der Waals surface area contributed by atoms with Crippen LogP contribution < -0.4 is 11.1 Å². The number of nitrogens with two attached hydrogens (primary N) is 1. The van der Waals surface area contributed by atoms with Crippen LogP contribution in [0.15, 0.2) is 0 Å². The number of amides is 1. The molecule has 0 heterocycles. The van der Waals surface area contributed by atoms with E-state index in [0.717, 1.165) is 19.4 Å². The summed E-state index contributed by atoms with van der Waals surface area (Å²) in [4.78, 5) is 11.3. The maximum absolute atomic E-state index is 11.3. The Kier molecular flexibility index (Phi) is 11.1. The number of carbonyl (C=O) groups is 1. The predicted octanol–water partition coefficient (Wildman–Crippen LogP) is 2.20. The van der Waals surface area contributed by atoms with Gasteiger partial charge in [0.1, 0.15) is 0 Å². The number of carbonyl (C=O) groups excluding carboxylic acids is 1. The Labute approximate surface area is 93.8 Å². The number of hydrogen-bond donors (Lipinski definition) is 2. The molecule has 0 aromatic carbocycles. The molecule has 0 spiro atoms. The van der Waals surface area contributed by atoms with Crippen LogP contribution in [0.1, 0.15) is 58.3 Å². The topological polar surface area (TPSA) is 55.1 Å². The van der Waals surface area contributed by atoms with Gasteiger partial charge in [0.15, 0.2) is 0 Å². The van der Waals surface area contributed by atoms with E-state index in [0.29, 0.717) is 13.0 Å². The van der Waals surface area contributed by atoms with Crippen LogP contribution in [0.3, 0.4) is 0 Å². The minimum atomic E-state index is 0.180.